The lowest BCUT2D eigenvalue weighted by atomic mass is 9.77. The maximum atomic E-state index is 13.7. The number of unbranched alkanes of at least 4 members (excludes halogenated alkanes) is 2. The van der Waals surface area contributed by atoms with Gasteiger partial charge in [-0.05, 0) is 69.2 Å². The van der Waals surface area contributed by atoms with Gasteiger partial charge in [-0.2, -0.15) is 0 Å². The third-order valence-electron chi connectivity index (χ3n) is 8.84. The van der Waals surface area contributed by atoms with Crippen LogP contribution in [-0.4, -0.2) is 81.8 Å². The summed E-state index contributed by atoms with van der Waals surface area (Å²) in [4.78, 5) is 31.6. The fraction of sp³-hybridized carbons (Fsp3) is 0.733. The van der Waals surface area contributed by atoms with E-state index in [1.807, 2.05) is 29.2 Å². The van der Waals surface area contributed by atoms with Gasteiger partial charge < -0.3 is 30.1 Å². The van der Waals surface area contributed by atoms with E-state index in [-0.39, 0.29) is 30.8 Å². The van der Waals surface area contributed by atoms with Gasteiger partial charge in [-0.25, -0.2) is 0 Å². The monoisotopic (exact) mass is 565 g/mol. The second-order valence-electron chi connectivity index (χ2n) is 11.6. The number of piperidine rings is 1. The summed E-state index contributed by atoms with van der Waals surface area (Å²) < 4.78 is 5.82. The lowest BCUT2D eigenvalue weighted by molar-refractivity contribution is -0.163. The molecule has 1 aromatic carbocycles. The van der Waals surface area contributed by atoms with E-state index < -0.39 is 17.2 Å². The molecule has 3 N–H and O–H groups in total. The average molecular weight is 566 g/mol. The first-order chi connectivity index (χ1) is 18.4. The van der Waals surface area contributed by atoms with Crippen LogP contribution >= 0.6 is 12.4 Å². The Bertz CT molecular complexity index is 914. The number of carbonyl (C=O) groups is 2. The number of rotatable bonds is 12. The van der Waals surface area contributed by atoms with E-state index in [9.17, 15) is 14.7 Å². The maximum Gasteiger partial charge on any atom is 0.246 e. The number of nitrogens with zero attached hydrogens (tertiary/aromatic N) is 2. The quantitative estimate of drug-likeness (QED) is 0.333. The predicted molar refractivity (Wildman–Crippen MR) is 154 cm³/mol. The van der Waals surface area contributed by atoms with E-state index in [4.69, 9.17) is 9.84 Å². The van der Waals surface area contributed by atoms with Gasteiger partial charge in [0.2, 0.25) is 11.8 Å². The Kier molecular flexibility index (Phi) is 11.9. The molecule has 0 aromatic heterocycles. The SMILES string of the molecule is CCCCN1C(=O)[C@@H](CC2(O)CCCCC2)NC(=O)C12CCN(CCCCOc1ccc(CO)cc1)CC2.Cl. The zero-order valence-corrected chi connectivity index (χ0v) is 24.4. The van der Waals surface area contributed by atoms with Crippen molar-refractivity contribution in [1.29, 1.82) is 0 Å². The number of ether oxygens (including phenoxy) is 1. The molecule has 0 bridgehead atoms. The van der Waals surface area contributed by atoms with E-state index in [1.165, 1.54) is 0 Å². The molecule has 2 heterocycles. The number of halogens is 1. The molecule has 0 radical (unpaired) electrons. The molecule has 0 unspecified atom stereocenters. The highest BCUT2D eigenvalue weighted by Crippen LogP contribution is 2.37. The van der Waals surface area contributed by atoms with Crippen LogP contribution in [0.1, 0.15) is 89.5 Å². The number of nitrogens with one attached hydrogen (secondary N) is 1. The average Bonchev–Trinajstić information content (AvgIpc) is 2.93. The Hall–Kier alpha value is -1.87. The predicted octanol–water partition coefficient (Wildman–Crippen LogP) is 3.81. The number of likely N-dealkylation sites (tertiary alicyclic amines) is 1. The van der Waals surface area contributed by atoms with Gasteiger partial charge in [0.15, 0.2) is 0 Å². The molecule has 1 spiro atoms. The van der Waals surface area contributed by atoms with Gasteiger partial charge in [-0.1, -0.05) is 44.7 Å². The number of hydrogen-bond acceptors (Lipinski definition) is 6. The molecular formula is C30H48ClN3O5. The van der Waals surface area contributed by atoms with Crippen LogP contribution in [0, 0.1) is 0 Å². The first kappa shape index (κ1) is 31.7. The maximum absolute atomic E-state index is 13.7. The van der Waals surface area contributed by atoms with Crippen molar-refractivity contribution in [2.45, 2.75) is 108 Å². The molecular weight excluding hydrogens is 518 g/mol. The molecule has 9 heteroatoms. The summed E-state index contributed by atoms with van der Waals surface area (Å²) in [6, 6.07) is 6.89. The Labute approximate surface area is 239 Å². The van der Waals surface area contributed by atoms with Gasteiger partial charge in [0.25, 0.3) is 0 Å². The van der Waals surface area contributed by atoms with Crippen molar-refractivity contribution in [3.05, 3.63) is 29.8 Å². The highest BCUT2D eigenvalue weighted by Gasteiger charge is 2.54. The van der Waals surface area contributed by atoms with E-state index in [0.29, 0.717) is 45.3 Å². The Balaban J connectivity index is 0.00000420. The number of aliphatic hydroxyl groups is 2. The van der Waals surface area contributed by atoms with Crippen molar-refractivity contribution in [3.63, 3.8) is 0 Å². The van der Waals surface area contributed by atoms with E-state index >= 15 is 0 Å². The summed E-state index contributed by atoms with van der Waals surface area (Å²) in [5.74, 6) is 0.781. The van der Waals surface area contributed by atoms with Crippen LogP contribution in [-0.2, 0) is 16.2 Å². The standard InChI is InChI=1S/C30H47N3O5.ClH/c1-2-3-18-33-27(35)26(22-29(37)13-5-4-6-14-29)31-28(36)30(33)15-19-32(20-16-30)17-7-8-21-38-25-11-9-24(23-34)10-12-25;/h9-12,26,34,37H,2-8,13-23H2,1H3,(H,31,36);1H/t26-;/m1./s1. The normalized spacial score (nSPS) is 22.8. The highest BCUT2D eigenvalue weighted by molar-refractivity contribution is 6.00. The molecule has 2 amide bonds. The van der Waals surface area contributed by atoms with Crippen LogP contribution in [0.15, 0.2) is 24.3 Å². The number of aliphatic hydroxyl groups excluding tert-OH is 1. The van der Waals surface area contributed by atoms with Crippen LogP contribution in [0.5, 0.6) is 5.75 Å². The molecule has 1 saturated carbocycles. The van der Waals surface area contributed by atoms with Crippen LogP contribution < -0.4 is 10.1 Å². The number of benzene rings is 1. The van der Waals surface area contributed by atoms with Crippen molar-refractivity contribution >= 4 is 24.2 Å². The van der Waals surface area contributed by atoms with Gasteiger partial charge in [0.1, 0.15) is 17.3 Å². The van der Waals surface area contributed by atoms with E-state index in [0.717, 1.165) is 75.9 Å². The summed E-state index contributed by atoms with van der Waals surface area (Å²) >= 11 is 0. The van der Waals surface area contributed by atoms with Crippen molar-refractivity contribution in [2.24, 2.45) is 0 Å². The van der Waals surface area contributed by atoms with Crippen molar-refractivity contribution in [1.82, 2.24) is 15.1 Å². The number of amides is 2. The van der Waals surface area contributed by atoms with Crippen molar-refractivity contribution < 1.29 is 24.5 Å². The van der Waals surface area contributed by atoms with Crippen LogP contribution in [0.4, 0.5) is 0 Å². The minimum absolute atomic E-state index is 0. The first-order valence-electron chi connectivity index (χ1n) is 14.8. The molecule has 1 aromatic rings. The topological polar surface area (TPSA) is 102 Å². The minimum atomic E-state index is -0.844. The minimum Gasteiger partial charge on any atom is -0.494 e. The number of piperazine rings is 1. The van der Waals surface area contributed by atoms with E-state index in [1.54, 1.807) is 0 Å². The smallest absolute Gasteiger partial charge is 0.246 e. The van der Waals surface area contributed by atoms with Crippen LogP contribution in [0.2, 0.25) is 0 Å². The highest BCUT2D eigenvalue weighted by atomic mass is 35.5. The Morgan fingerprint density at radius 1 is 0.974 bits per heavy atom. The van der Waals surface area contributed by atoms with Gasteiger partial charge in [0.05, 0.1) is 18.8 Å². The number of carbonyl (C=O) groups excluding carboxylic acids is 2. The van der Waals surface area contributed by atoms with Gasteiger partial charge in [-0.15, -0.1) is 12.4 Å². The number of hydrogen-bond donors (Lipinski definition) is 3. The van der Waals surface area contributed by atoms with Gasteiger partial charge in [-0.3, -0.25) is 9.59 Å². The second-order valence-corrected chi connectivity index (χ2v) is 11.6. The fourth-order valence-corrected chi connectivity index (χ4v) is 6.41. The summed E-state index contributed by atoms with van der Waals surface area (Å²) in [5.41, 5.74) is -0.736. The molecule has 3 aliphatic rings. The van der Waals surface area contributed by atoms with Gasteiger partial charge >= 0.3 is 0 Å². The summed E-state index contributed by atoms with van der Waals surface area (Å²) in [6.07, 6.45) is 9.94. The molecule has 4 rings (SSSR count). The lowest BCUT2D eigenvalue weighted by Gasteiger charge is -2.52. The molecule has 220 valence electrons. The molecule has 2 saturated heterocycles. The zero-order chi connectivity index (χ0) is 27.0. The summed E-state index contributed by atoms with van der Waals surface area (Å²) in [5, 5.41) is 23.3. The van der Waals surface area contributed by atoms with E-state index in [2.05, 4.69) is 17.1 Å². The van der Waals surface area contributed by atoms with Crippen LogP contribution in [0.3, 0.4) is 0 Å². The Morgan fingerprint density at radius 3 is 2.31 bits per heavy atom. The second kappa shape index (κ2) is 14.7. The third-order valence-corrected chi connectivity index (χ3v) is 8.84. The molecule has 1 atom stereocenters. The molecule has 8 nitrogen and oxygen atoms in total. The summed E-state index contributed by atoms with van der Waals surface area (Å²) in [6.45, 7) is 5.93. The molecule has 39 heavy (non-hydrogen) atoms. The van der Waals surface area contributed by atoms with Crippen molar-refractivity contribution in [2.75, 3.05) is 32.8 Å². The summed E-state index contributed by atoms with van der Waals surface area (Å²) in [7, 11) is 0. The molecule has 2 aliphatic heterocycles. The molecule has 3 fully saturated rings. The van der Waals surface area contributed by atoms with Gasteiger partial charge in [0, 0.05) is 26.1 Å². The fourth-order valence-electron chi connectivity index (χ4n) is 6.41. The largest absolute Gasteiger partial charge is 0.494 e. The first-order valence-corrected chi connectivity index (χ1v) is 14.8. The zero-order valence-electron chi connectivity index (χ0n) is 23.5. The molecule has 1 aliphatic carbocycles. The Morgan fingerprint density at radius 2 is 1.67 bits per heavy atom. The van der Waals surface area contributed by atoms with Crippen molar-refractivity contribution in [3.8, 4) is 5.75 Å². The lowest BCUT2D eigenvalue weighted by Crippen LogP contribution is -2.73. The third kappa shape index (κ3) is 7.87. The van der Waals surface area contributed by atoms with Crippen LogP contribution in [0.25, 0.3) is 0 Å².